The molecule has 2 unspecified atom stereocenters. The Morgan fingerprint density at radius 2 is 1.83 bits per heavy atom. The van der Waals surface area contributed by atoms with E-state index >= 15 is 0 Å². The van der Waals surface area contributed by atoms with E-state index in [-0.39, 0.29) is 17.4 Å². The molecule has 0 radical (unpaired) electrons. The number of aromatic hydroxyl groups is 1. The highest BCUT2D eigenvalue weighted by molar-refractivity contribution is 5.55. The fourth-order valence-corrected chi connectivity index (χ4v) is 4.64. The standard InChI is InChI=1S/C26H37NO2/c1-7-8-9-10-17(2)18(3)21-15-22(28)25-23(16-21)29-26(5,6)19(4)24(25)20-11-13-27-14-12-20/h11-19,24,28H,7-10H2,1-6H3/t17?,18?,19-,24+/m1/s1. The molecule has 4 atom stereocenters. The topological polar surface area (TPSA) is 42.4 Å². The summed E-state index contributed by atoms with van der Waals surface area (Å²) in [6.07, 6.45) is 8.68. The van der Waals surface area contributed by atoms with Crippen LogP contribution in [-0.2, 0) is 0 Å². The van der Waals surface area contributed by atoms with Crippen LogP contribution in [0.1, 0.15) is 95.8 Å². The summed E-state index contributed by atoms with van der Waals surface area (Å²) in [5.41, 5.74) is 2.94. The highest BCUT2D eigenvalue weighted by atomic mass is 16.5. The van der Waals surface area contributed by atoms with Crippen LogP contribution in [0.5, 0.6) is 11.5 Å². The van der Waals surface area contributed by atoms with Crippen LogP contribution in [0.2, 0.25) is 0 Å². The van der Waals surface area contributed by atoms with Gasteiger partial charge < -0.3 is 9.84 Å². The molecule has 1 aromatic carbocycles. The number of hydrogen-bond donors (Lipinski definition) is 1. The summed E-state index contributed by atoms with van der Waals surface area (Å²) in [4.78, 5) is 4.17. The van der Waals surface area contributed by atoms with Crippen molar-refractivity contribution in [2.45, 2.75) is 84.7 Å². The normalized spacial score (nSPS) is 22.4. The maximum Gasteiger partial charge on any atom is 0.127 e. The van der Waals surface area contributed by atoms with E-state index in [1.165, 1.54) is 36.8 Å². The molecule has 3 heteroatoms. The Balaban J connectivity index is 1.99. The molecule has 0 spiro atoms. The lowest BCUT2D eigenvalue weighted by atomic mass is 9.71. The molecular formula is C26H37NO2. The van der Waals surface area contributed by atoms with Crippen molar-refractivity contribution in [2.24, 2.45) is 11.8 Å². The zero-order valence-electron chi connectivity index (χ0n) is 18.9. The van der Waals surface area contributed by atoms with Gasteiger partial charge >= 0.3 is 0 Å². The van der Waals surface area contributed by atoms with Crippen molar-refractivity contribution in [3.63, 3.8) is 0 Å². The van der Waals surface area contributed by atoms with Gasteiger partial charge in [0.1, 0.15) is 17.1 Å². The van der Waals surface area contributed by atoms with Crippen molar-refractivity contribution in [3.8, 4) is 11.5 Å². The van der Waals surface area contributed by atoms with E-state index in [0.717, 1.165) is 11.3 Å². The molecule has 1 N–H and O–H groups in total. The number of ether oxygens (including phenoxy) is 1. The molecule has 0 aliphatic carbocycles. The maximum atomic E-state index is 11.1. The first kappa shape index (κ1) is 21.7. The van der Waals surface area contributed by atoms with Gasteiger partial charge in [0.15, 0.2) is 0 Å². The Kier molecular flexibility index (Phi) is 6.55. The number of fused-ring (bicyclic) bond motifs is 1. The average molecular weight is 396 g/mol. The SMILES string of the molecule is CCCCCC(C)C(C)c1cc(O)c2c(c1)OC(C)(C)[C@H](C)[C@H]2c1ccncc1. The average Bonchev–Trinajstić information content (AvgIpc) is 2.69. The third-order valence-electron chi connectivity index (χ3n) is 7.13. The summed E-state index contributed by atoms with van der Waals surface area (Å²) in [7, 11) is 0. The van der Waals surface area contributed by atoms with E-state index in [4.69, 9.17) is 4.74 Å². The second kappa shape index (κ2) is 8.77. The molecule has 2 heterocycles. The van der Waals surface area contributed by atoms with Crippen molar-refractivity contribution in [1.29, 1.82) is 0 Å². The summed E-state index contributed by atoms with van der Waals surface area (Å²) in [5, 5.41) is 11.1. The number of rotatable bonds is 7. The number of phenols is 1. The Morgan fingerprint density at radius 3 is 2.48 bits per heavy atom. The van der Waals surface area contributed by atoms with E-state index in [2.05, 4.69) is 64.7 Å². The van der Waals surface area contributed by atoms with Crippen molar-refractivity contribution in [3.05, 3.63) is 53.3 Å². The Hall–Kier alpha value is -2.03. The molecular weight excluding hydrogens is 358 g/mol. The quantitative estimate of drug-likeness (QED) is 0.511. The predicted octanol–water partition coefficient (Wildman–Crippen LogP) is 7.05. The van der Waals surface area contributed by atoms with Crippen LogP contribution >= 0.6 is 0 Å². The van der Waals surface area contributed by atoms with Crippen LogP contribution in [0.15, 0.2) is 36.7 Å². The lowest BCUT2D eigenvalue weighted by Gasteiger charge is -2.44. The molecule has 1 aromatic heterocycles. The van der Waals surface area contributed by atoms with Gasteiger partial charge in [0.05, 0.1) is 0 Å². The minimum absolute atomic E-state index is 0.0862. The summed E-state index contributed by atoms with van der Waals surface area (Å²) in [6.45, 7) is 13.3. The van der Waals surface area contributed by atoms with Gasteiger partial charge in [0, 0.05) is 29.8 Å². The van der Waals surface area contributed by atoms with Crippen LogP contribution in [0, 0.1) is 11.8 Å². The summed E-state index contributed by atoms with van der Waals surface area (Å²) >= 11 is 0. The van der Waals surface area contributed by atoms with Gasteiger partial charge in [-0.1, -0.05) is 53.4 Å². The fourth-order valence-electron chi connectivity index (χ4n) is 4.64. The summed E-state index contributed by atoms with van der Waals surface area (Å²) in [5.74, 6) is 2.45. The maximum absolute atomic E-state index is 11.1. The third kappa shape index (κ3) is 4.44. The Labute approximate surface area is 176 Å². The fraction of sp³-hybridized carbons (Fsp3) is 0.577. The minimum Gasteiger partial charge on any atom is -0.507 e. The van der Waals surface area contributed by atoms with E-state index in [0.29, 0.717) is 17.6 Å². The van der Waals surface area contributed by atoms with Crippen molar-refractivity contribution >= 4 is 0 Å². The summed E-state index contributed by atoms with van der Waals surface area (Å²) < 4.78 is 6.46. The van der Waals surface area contributed by atoms with Gasteiger partial charge in [0.25, 0.3) is 0 Å². The van der Waals surface area contributed by atoms with Crippen LogP contribution < -0.4 is 4.74 Å². The number of benzene rings is 1. The molecule has 2 aromatic rings. The molecule has 29 heavy (non-hydrogen) atoms. The number of unbranched alkanes of at least 4 members (excludes halogenated alkanes) is 2. The van der Waals surface area contributed by atoms with E-state index in [1.54, 1.807) is 0 Å². The van der Waals surface area contributed by atoms with Gasteiger partial charge in [-0.25, -0.2) is 0 Å². The molecule has 0 amide bonds. The molecule has 0 bridgehead atoms. The van der Waals surface area contributed by atoms with E-state index < -0.39 is 0 Å². The molecule has 3 nitrogen and oxygen atoms in total. The molecule has 1 aliphatic rings. The minimum atomic E-state index is -0.317. The van der Waals surface area contributed by atoms with Crippen LogP contribution in [-0.4, -0.2) is 15.7 Å². The monoisotopic (exact) mass is 395 g/mol. The lowest BCUT2D eigenvalue weighted by molar-refractivity contribution is 0.0248. The third-order valence-corrected chi connectivity index (χ3v) is 7.13. The van der Waals surface area contributed by atoms with Gasteiger partial charge in [-0.05, 0) is 61.1 Å². The van der Waals surface area contributed by atoms with Crippen molar-refractivity contribution in [2.75, 3.05) is 0 Å². The highest BCUT2D eigenvalue weighted by Gasteiger charge is 2.43. The van der Waals surface area contributed by atoms with Crippen LogP contribution in [0.25, 0.3) is 0 Å². The number of aromatic nitrogens is 1. The number of phenolic OH excluding ortho intramolecular Hbond substituents is 1. The predicted molar refractivity (Wildman–Crippen MR) is 120 cm³/mol. The van der Waals surface area contributed by atoms with E-state index in [1.807, 2.05) is 18.5 Å². The van der Waals surface area contributed by atoms with Crippen molar-refractivity contribution in [1.82, 2.24) is 4.98 Å². The first-order valence-electron chi connectivity index (χ1n) is 11.2. The molecule has 0 fully saturated rings. The number of hydrogen-bond acceptors (Lipinski definition) is 3. The Morgan fingerprint density at radius 1 is 1.14 bits per heavy atom. The van der Waals surface area contributed by atoms with Gasteiger partial charge in [0.2, 0.25) is 0 Å². The summed E-state index contributed by atoms with van der Waals surface area (Å²) in [6, 6.07) is 8.26. The zero-order valence-corrected chi connectivity index (χ0v) is 18.9. The van der Waals surface area contributed by atoms with Crippen molar-refractivity contribution < 1.29 is 9.84 Å². The molecule has 1 aliphatic heterocycles. The zero-order chi connectivity index (χ0) is 21.2. The van der Waals surface area contributed by atoms with E-state index in [9.17, 15) is 5.11 Å². The molecule has 3 rings (SSSR count). The number of nitrogens with zero attached hydrogens (tertiary/aromatic N) is 1. The van der Waals surface area contributed by atoms with Gasteiger partial charge in [-0.3, -0.25) is 4.98 Å². The van der Waals surface area contributed by atoms with Gasteiger partial charge in [-0.2, -0.15) is 0 Å². The lowest BCUT2D eigenvalue weighted by Crippen LogP contribution is -2.43. The molecule has 158 valence electrons. The second-order valence-corrected chi connectivity index (χ2v) is 9.47. The largest absolute Gasteiger partial charge is 0.507 e. The molecule has 0 saturated heterocycles. The number of pyridine rings is 1. The molecule has 0 saturated carbocycles. The second-order valence-electron chi connectivity index (χ2n) is 9.47. The van der Waals surface area contributed by atoms with Gasteiger partial charge in [-0.15, -0.1) is 0 Å². The first-order valence-corrected chi connectivity index (χ1v) is 11.2. The van der Waals surface area contributed by atoms with Crippen LogP contribution in [0.3, 0.4) is 0 Å². The Bertz CT molecular complexity index is 815. The smallest absolute Gasteiger partial charge is 0.127 e. The first-order chi connectivity index (χ1) is 13.8. The van der Waals surface area contributed by atoms with Crippen LogP contribution in [0.4, 0.5) is 0 Å². The highest BCUT2D eigenvalue weighted by Crippen LogP contribution is 2.52.